The Bertz CT molecular complexity index is 408. The third kappa shape index (κ3) is 4.03. The normalized spacial score (nSPS) is 11.7. The van der Waals surface area contributed by atoms with Gasteiger partial charge < -0.3 is 20.6 Å². The van der Waals surface area contributed by atoms with E-state index in [-0.39, 0.29) is 11.5 Å². The van der Waals surface area contributed by atoms with Crippen LogP contribution in [0.4, 0.5) is 0 Å². The lowest BCUT2D eigenvalue weighted by atomic mass is 9.85. The Morgan fingerprint density at radius 1 is 0.947 bits per heavy atom. The van der Waals surface area contributed by atoms with Crippen molar-refractivity contribution in [3.63, 3.8) is 0 Å². The fourth-order valence-electron chi connectivity index (χ4n) is 2.37. The van der Waals surface area contributed by atoms with Crippen molar-refractivity contribution >= 4 is 0 Å². The Balaban J connectivity index is 2.60. The number of hydrogen-bond donors (Lipinski definition) is 4. The molecule has 0 amide bonds. The molecule has 4 nitrogen and oxygen atoms in total. The minimum atomic E-state index is -0.455. The Labute approximate surface area is 115 Å². The number of benzene rings is 1. The lowest BCUT2D eigenvalue weighted by Gasteiger charge is -2.25. The highest BCUT2D eigenvalue weighted by Gasteiger charge is 2.17. The number of rotatable bonds is 6. The van der Waals surface area contributed by atoms with Crippen molar-refractivity contribution in [3.8, 4) is 17.2 Å². The first-order valence-corrected chi connectivity index (χ1v) is 6.78. The van der Waals surface area contributed by atoms with Gasteiger partial charge in [-0.1, -0.05) is 33.8 Å². The lowest BCUT2D eigenvalue weighted by Crippen LogP contribution is -2.29. The van der Waals surface area contributed by atoms with Crippen LogP contribution in [-0.2, 0) is 6.54 Å². The summed E-state index contributed by atoms with van der Waals surface area (Å²) in [4.78, 5) is 0. The first-order chi connectivity index (χ1) is 8.84. The summed E-state index contributed by atoms with van der Waals surface area (Å²) in [6, 6.07) is 2.99. The third-order valence-electron chi connectivity index (χ3n) is 3.62. The predicted octanol–water partition coefficient (Wildman–Crippen LogP) is 2.82. The van der Waals surface area contributed by atoms with Gasteiger partial charge in [-0.2, -0.15) is 0 Å². The second-order valence-electron chi connectivity index (χ2n) is 5.72. The largest absolute Gasteiger partial charge is 0.504 e. The highest BCUT2D eigenvalue weighted by molar-refractivity contribution is 5.52. The summed E-state index contributed by atoms with van der Waals surface area (Å²) >= 11 is 0. The smallest absolute Gasteiger partial charge is 0.200 e. The fourth-order valence-corrected chi connectivity index (χ4v) is 2.37. The van der Waals surface area contributed by atoms with E-state index < -0.39 is 5.75 Å². The minimum Gasteiger partial charge on any atom is -0.504 e. The Kier molecular flexibility index (Phi) is 5.48. The molecule has 0 radical (unpaired) electrons. The van der Waals surface area contributed by atoms with E-state index >= 15 is 0 Å². The zero-order valence-electron chi connectivity index (χ0n) is 12.1. The molecular formula is C15H25NO3. The van der Waals surface area contributed by atoms with Crippen LogP contribution in [0.1, 0.15) is 33.3 Å². The van der Waals surface area contributed by atoms with E-state index in [2.05, 4.69) is 33.0 Å². The summed E-state index contributed by atoms with van der Waals surface area (Å²) in [5.74, 6) is 0.738. The van der Waals surface area contributed by atoms with E-state index in [0.29, 0.717) is 29.9 Å². The molecule has 108 valence electrons. The van der Waals surface area contributed by atoms with E-state index in [1.807, 2.05) is 0 Å². The van der Waals surface area contributed by atoms with Gasteiger partial charge in [0.05, 0.1) is 0 Å². The molecule has 1 aromatic carbocycles. The highest BCUT2D eigenvalue weighted by Crippen LogP contribution is 2.36. The molecule has 0 bridgehead atoms. The second kappa shape index (κ2) is 6.66. The lowest BCUT2D eigenvalue weighted by molar-refractivity contribution is 0.275. The molecule has 0 aliphatic carbocycles. The molecule has 0 aliphatic heterocycles. The number of hydrogen-bond acceptors (Lipinski definition) is 4. The number of aromatic hydroxyl groups is 3. The number of phenols is 3. The second-order valence-corrected chi connectivity index (χ2v) is 5.72. The topological polar surface area (TPSA) is 72.7 Å². The van der Waals surface area contributed by atoms with Gasteiger partial charge in [-0.3, -0.25) is 0 Å². The van der Waals surface area contributed by atoms with Crippen LogP contribution in [0, 0.1) is 17.8 Å². The molecule has 4 N–H and O–H groups in total. The van der Waals surface area contributed by atoms with Gasteiger partial charge in [-0.05, 0) is 30.4 Å². The maximum Gasteiger partial charge on any atom is 0.200 e. The van der Waals surface area contributed by atoms with Crippen LogP contribution >= 0.6 is 0 Å². The molecule has 0 aliphatic rings. The molecular weight excluding hydrogens is 242 g/mol. The molecule has 0 fully saturated rings. The summed E-state index contributed by atoms with van der Waals surface area (Å²) in [5.41, 5.74) is 0.585. The van der Waals surface area contributed by atoms with Crippen molar-refractivity contribution in [3.05, 3.63) is 17.7 Å². The molecule has 0 saturated carbocycles. The van der Waals surface area contributed by atoms with Crippen molar-refractivity contribution in [2.24, 2.45) is 17.8 Å². The average Bonchev–Trinajstić information content (AvgIpc) is 2.33. The zero-order valence-corrected chi connectivity index (χ0v) is 12.1. The van der Waals surface area contributed by atoms with Crippen LogP contribution in [0.5, 0.6) is 17.2 Å². The molecule has 0 spiro atoms. The zero-order chi connectivity index (χ0) is 14.6. The quantitative estimate of drug-likeness (QED) is 0.598. The molecule has 19 heavy (non-hydrogen) atoms. The molecule has 0 atom stereocenters. The van der Waals surface area contributed by atoms with Crippen LogP contribution in [0.2, 0.25) is 0 Å². The fraction of sp³-hybridized carbons (Fsp3) is 0.600. The van der Waals surface area contributed by atoms with Crippen LogP contribution < -0.4 is 5.32 Å². The maximum absolute atomic E-state index is 9.71. The Morgan fingerprint density at radius 3 is 2.05 bits per heavy atom. The van der Waals surface area contributed by atoms with Crippen molar-refractivity contribution in [2.45, 2.75) is 34.2 Å². The van der Waals surface area contributed by atoms with Gasteiger partial charge in [0.1, 0.15) is 0 Å². The number of phenolic OH excluding ortho intramolecular Hbond substituents is 3. The summed E-state index contributed by atoms with van der Waals surface area (Å²) in [6.45, 7) is 10.1. The van der Waals surface area contributed by atoms with Crippen LogP contribution in [0.3, 0.4) is 0 Å². The molecule has 4 heteroatoms. The van der Waals surface area contributed by atoms with Crippen LogP contribution in [0.15, 0.2) is 12.1 Å². The predicted molar refractivity (Wildman–Crippen MR) is 76.3 cm³/mol. The van der Waals surface area contributed by atoms with Gasteiger partial charge in [0.15, 0.2) is 11.5 Å². The SMILES string of the molecule is CC(C)C(CNCc1ccc(O)c(O)c1O)C(C)C. The van der Waals surface area contributed by atoms with E-state index in [1.165, 1.54) is 6.07 Å². The van der Waals surface area contributed by atoms with Crippen molar-refractivity contribution in [1.82, 2.24) is 5.32 Å². The molecule has 0 unspecified atom stereocenters. The van der Waals surface area contributed by atoms with Crippen molar-refractivity contribution < 1.29 is 15.3 Å². The van der Waals surface area contributed by atoms with Gasteiger partial charge in [-0.25, -0.2) is 0 Å². The van der Waals surface area contributed by atoms with Crippen molar-refractivity contribution in [1.29, 1.82) is 0 Å². The molecule has 1 rings (SSSR count). The molecule has 0 heterocycles. The summed E-state index contributed by atoms with van der Waals surface area (Å²) in [7, 11) is 0. The van der Waals surface area contributed by atoms with E-state index in [0.717, 1.165) is 6.54 Å². The Hall–Kier alpha value is -1.42. The first-order valence-electron chi connectivity index (χ1n) is 6.78. The third-order valence-corrected chi connectivity index (χ3v) is 3.62. The van der Waals surface area contributed by atoms with Crippen LogP contribution in [0.25, 0.3) is 0 Å². The highest BCUT2D eigenvalue weighted by atomic mass is 16.3. The van der Waals surface area contributed by atoms with E-state index in [4.69, 9.17) is 0 Å². The monoisotopic (exact) mass is 267 g/mol. The van der Waals surface area contributed by atoms with Gasteiger partial charge in [0.25, 0.3) is 0 Å². The van der Waals surface area contributed by atoms with Gasteiger partial charge in [0, 0.05) is 12.1 Å². The standard InChI is InChI=1S/C15H25NO3/c1-9(2)12(10(3)4)8-16-7-11-5-6-13(17)15(19)14(11)18/h5-6,9-10,12,16-19H,7-8H2,1-4H3. The summed E-state index contributed by atoms with van der Waals surface area (Å²) in [5, 5.41) is 31.7. The first kappa shape index (κ1) is 15.6. The number of nitrogens with one attached hydrogen (secondary N) is 1. The van der Waals surface area contributed by atoms with E-state index in [9.17, 15) is 15.3 Å². The molecule has 0 saturated heterocycles. The van der Waals surface area contributed by atoms with Crippen molar-refractivity contribution in [2.75, 3.05) is 6.54 Å². The maximum atomic E-state index is 9.71. The summed E-state index contributed by atoms with van der Waals surface area (Å²) in [6.07, 6.45) is 0. The molecule has 0 aromatic heterocycles. The molecule has 1 aromatic rings. The Morgan fingerprint density at radius 2 is 1.53 bits per heavy atom. The summed E-state index contributed by atoms with van der Waals surface area (Å²) < 4.78 is 0. The average molecular weight is 267 g/mol. The van der Waals surface area contributed by atoms with Gasteiger partial charge in [-0.15, -0.1) is 0 Å². The van der Waals surface area contributed by atoms with Gasteiger partial charge >= 0.3 is 0 Å². The van der Waals surface area contributed by atoms with E-state index in [1.54, 1.807) is 6.07 Å². The van der Waals surface area contributed by atoms with Gasteiger partial charge in [0.2, 0.25) is 5.75 Å². The van der Waals surface area contributed by atoms with Crippen LogP contribution in [-0.4, -0.2) is 21.9 Å². The minimum absolute atomic E-state index is 0.252.